The van der Waals surface area contributed by atoms with Crippen molar-refractivity contribution in [2.24, 2.45) is 0 Å². The van der Waals surface area contributed by atoms with Crippen molar-refractivity contribution in [1.82, 2.24) is 5.32 Å². The summed E-state index contributed by atoms with van der Waals surface area (Å²) < 4.78 is 1.18. The molecule has 18 heavy (non-hydrogen) atoms. The van der Waals surface area contributed by atoms with Gasteiger partial charge in [0, 0.05) is 17.1 Å². The molecule has 1 unspecified atom stereocenters. The van der Waals surface area contributed by atoms with Gasteiger partial charge in [-0.05, 0) is 35.6 Å². The summed E-state index contributed by atoms with van der Waals surface area (Å²) in [6.45, 7) is 0.917. The maximum atomic E-state index is 3.66. The van der Waals surface area contributed by atoms with E-state index in [1.54, 1.807) is 0 Å². The van der Waals surface area contributed by atoms with Gasteiger partial charge in [0.25, 0.3) is 0 Å². The van der Waals surface area contributed by atoms with Crippen LogP contribution in [0.1, 0.15) is 29.2 Å². The van der Waals surface area contributed by atoms with E-state index in [1.807, 2.05) is 0 Å². The molecule has 1 atom stereocenters. The van der Waals surface area contributed by atoms with Crippen molar-refractivity contribution in [1.29, 1.82) is 0 Å². The zero-order chi connectivity index (χ0) is 12.4. The lowest BCUT2D eigenvalue weighted by molar-refractivity contribution is 0.529. The first kappa shape index (κ1) is 11.9. The fourth-order valence-electron chi connectivity index (χ4n) is 2.64. The van der Waals surface area contributed by atoms with E-state index in [0.717, 1.165) is 6.54 Å². The number of halogens is 1. The fourth-order valence-corrected chi connectivity index (χ4v) is 3.07. The Morgan fingerprint density at radius 2 is 1.83 bits per heavy atom. The highest BCUT2D eigenvalue weighted by molar-refractivity contribution is 9.10. The number of fused-ring (bicyclic) bond motifs is 1. The Morgan fingerprint density at radius 3 is 2.72 bits per heavy atom. The van der Waals surface area contributed by atoms with Gasteiger partial charge in [-0.25, -0.2) is 0 Å². The summed E-state index contributed by atoms with van der Waals surface area (Å²) in [6, 6.07) is 17.7. The predicted molar refractivity (Wildman–Crippen MR) is 78.5 cm³/mol. The Morgan fingerprint density at radius 1 is 1.06 bits per heavy atom. The lowest BCUT2D eigenvalue weighted by Gasteiger charge is -2.14. The molecule has 1 N–H and O–H groups in total. The van der Waals surface area contributed by atoms with Crippen LogP contribution in [0, 0.1) is 0 Å². The lowest BCUT2D eigenvalue weighted by Crippen LogP contribution is -2.18. The van der Waals surface area contributed by atoms with Crippen LogP contribution in [0.2, 0.25) is 0 Å². The van der Waals surface area contributed by atoms with Crippen LogP contribution >= 0.6 is 15.9 Å². The molecule has 1 aliphatic rings. The minimum atomic E-state index is 0.508. The molecule has 92 valence electrons. The van der Waals surface area contributed by atoms with Gasteiger partial charge >= 0.3 is 0 Å². The average molecular weight is 302 g/mol. The van der Waals surface area contributed by atoms with Crippen LogP contribution in [-0.2, 0) is 13.0 Å². The molecular weight excluding hydrogens is 286 g/mol. The fraction of sp³-hybridized carbons (Fsp3) is 0.250. The van der Waals surface area contributed by atoms with Crippen molar-refractivity contribution < 1.29 is 0 Å². The first-order chi connectivity index (χ1) is 8.84. The molecule has 2 aromatic carbocycles. The van der Waals surface area contributed by atoms with E-state index < -0.39 is 0 Å². The molecule has 0 bridgehead atoms. The Hall–Kier alpha value is -1.12. The maximum absolute atomic E-state index is 3.66. The molecule has 0 heterocycles. The molecule has 0 aliphatic heterocycles. The van der Waals surface area contributed by atoms with Gasteiger partial charge in [0.2, 0.25) is 0 Å². The topological polar surface area (TPSA) is 12.0 Å². The highest BCUT2D eigenvalue weighted by Gasteiger charge is 2.21. The second-order valence-electron chi connectivity index (χ2n) is 4.76. The molecule has 0 aromatic heterocycles. The number of hydrogen-bond donors (Lipinski definition) is 1. The first-order valence-corrected chi connectivity index (χ1v) is 7.18. The van der Waals surface area contributed by atoms with Crippen molar-refractivity contribution in [3.05, 3.63) is 69.7 Å². The van der Waals surface area contributed by atoms with Gasteiger partial charge in [0.1, 0.15) is 0 Å². The minimum absolute atomic E-state index is 0.508. The molecule has 1 nitrogen and oxygen atoms in total. The first-order valence-electron chi connectivity index (χ1n) is 6.39. The molecule has 0 fully saturated rings. The molecule has 0 saturated heterocycles. The van der Waals surface area contributed by atoms with Crippen LogP contribution in [0.25, 0.3) is 0 Å². The number of aryl methyl sites for hydroxylation is 1. The minimum Gasteiger partial charge on any atom is -0.306 e. The third-order valence-corrected chi connectivity index (χ3v) is 4.40. The largest absolute Gasteiger partial charge is 0.306 e. The van der Waals surface area contributed by atoms with Gasteiger partial charge in [-0.1, -0.05) is 58.4 Å². The summed E-state index contributed by atoms with van der Waals surface area (Å²) in [6.07, 6.45) is 2.41. The van der Waals surface area contributed by atoms with Gasteiger partial charge in [0.05, 0.1) is 0 Å². The summed E-state index contributed by atoms with van der Waals surface area (Å²) in [5.74, 6) is 0. The van der Waals surface area contributed by atoms with E-state index in [2.05, 4.69) is 69.8 Å². The van der Waals surface area contributed by atoms with Crippen LogP contribution in [0.3, 0.4) is 0 Å². The molecule has 0 spiro atoms. The van der Waals surface area contributed by atoms with E-state index in [4.69, 9.17) is 0 Å². The molecule has 2 aromatic rings. The Balaban J connectivity index is 1.71. The van der Waals surface area contributed by atoms with Crippen LogP contribution in [0.4, 0.5) is 0 Å². The summed E-state index contributed by atoms with van der Waals surface area (Å²) in [7, 11) is 0. The SMILES string of the molecule is Brc1ccccc1CNC1CCc2ccccc21. The second kappa shape index (κ2) is 5.25. The molecule has 1 aliphatic carbocycles. The zero-order valence-corrected chi connectivity index (χ0v) is 11.8. The van der Waals surface area contributed by atoms with Crippen molar-refractivity contribution in [2.45, 2.75) is 25.4 Å². The van der Waals surface area contributed by atoms with E-state index in [-0.39, 0.29) is 0 Å². The standard InChI is InChI=1S/C16H16BrN/c17-15-8-4-2-6-13(15)11-18-16-10-9-12-5-1-3-7-14(12)16/h1-8,16,18H,9-11H2. The predicted octanol–water partition coefficient (Wildman–Crippen LogP) is 4.23. The summed E-state index contributed by atoms with van der Waals surface area (Å²) in [5, 5.41) is 3.66. The Bertz CT molecular complexity index is 550. The monoisotopic (exact) mass is 301 g/mol. The van der Waals surface area contributed by atoms with Crippen LogP contribution < -0.4 is 5.32 Å². The normalized spacial score (nSPS) is 17.7. The average Bonchev–Trinajstić information content (AvgIpc) is 2.81. The Labute approximate surface area is 116 Å². The van der Waals surface area contributed by atoms with E-state index in [9.17, 15) is 0 Å². The summed E-state index contributed by atoms with van der Waals surface area (Å²) in [4.78, 5) is 0. The molecule has 0 radical (unpaired) electrons. The van der Waals surface area contributed by atoms with E-state index >= 15 is 0 Å². The van der Waals surface area contributed by atoms with Crippen molar-refractivity contribution in [3.63, 3.8) is 0 Å². The van der Waals surface area contributed by atoms with Crippen LogP contribution in [-0.4, -0.2) is 0 Å². The third kappa shape index (κ3) is 2.36. The lowest BCUT2D eigenvalue weighted by atomic mass is 10.1. The number of nitrogens with one attached hydrogen (secondary N) is 1. The second-order valence-corrected chi connectivity index (χ2v) is 5.62. The van der Waals surface area contributed by atoms with Crippen LogP contribution in [0.15, 0.2) is 53.0 Å². The van der Waals surface area contributed by atoms with Crippen molar-refractivity contribution >= 4 is 15.9 Å². The van der Waals surface area contributed by atoms with Crippen molar-refractivity contribution in [2.75, 3.05) is 0 Å². The van der Waals surface area contributed by atoms with E-state index in [0.29, 0.717) is 6.04 Å². The molecule has 3 rings (SSSR count). The zero-order valence-electron chi connectivity index (χ0n) is 10.2. The molecule has 0 amide bonds. The summed E-state index contributed by atoms with van der Waals surface area (Å²) >= 11 is 3.60. The van der Waals surface area contributed by atoms with Gasteiger partial charge in [-0.2, -0.15) is 0 Å². The van der Waals surface area contributed by atoms with Gasteiger partial charge in [-0.15, -0.1) is 0 Å². The quantitative estimate of drug-likeness (QED) is 0.895. The highest BCUT2D eigenvalue weighted by Crippen LogP contribution is 2.31. The van der Waals surface area contributed by atoms with Gasteiger partial charge in [-0.3, -0.25) is 0 Å². The third-order valence-electron chi connectivity index (χ3n) is 3.63. The maximum Gasteiger partial charge on any atom is 0.0329 e. The highest BCUT2D eigenvalue weighted by atomic mass is 79.9. The number of benzene rings is 2. The molecule has 0 saturated carbocycles. The van der Waals surface area contributed by atoms with Gasteiger partial charge < -0.3 is 5.32 Å². The smallest absolute Gasteiger partial charge is 0.0329 e. The van der Waals surface area contributed by atoms with Crippen molar-refractivity contribution in [3.8, 4) is 0 Å². The summed E-state index contributed by atoms with van der Waals surface area (Å²) in [5.41, 5.74) is 4.30. The van der Waals surface area contributed by atoms with Crippen LogP contribution in [0.5, 0.6) is 0 Å². The Kier molecular flexibility index (Phi) is 3.48. The van der Waals surface area contributed by atoms with E-state index in [1.165, 1.54) is 34.0 Å². The number of rotatable bonds is 3. The number of hydrogen-bond acceptors (Lipinski definition) is 1. The molecule has 2 heteroatoms. The molecular formula is C16H16BrN. The van der Waals surface area contributed by atoms with Gasteiger partial charge in [0.15, 0.2) is 0 Å².